The van der Waals surface area contributed by atoms with Gasteiger partial charge >= 0.3 is 0 Å². The van der Waals surface area contributed by atoms with E-state index in [1.54, 1.807) is 0 Å². The van der Waals surface area contributed by atoms with Crippen LogP contribution in [0, 0.1) is 0 Å². The molecule has 0 saturated heterocycles. The van der Waals surface area contributed by atoms with Crippen LogP contribution in [0.5, 0.6) is 5.75 Å². The highest BCUT2D eigenvalue weighted by molar-refractivity contribution is 7.89. The van der Waals surface area contributed by atoms with Crippen LogP contribution in [-0.2, 0) is 10.0 Å². The molecule has 0 fully saturated rings. The molecule has 1 aromatic carbocycles. The third-order valence-electron chi connectivity index (χ3n) is 2.81. The van der Waals surface area contributed by atoms with Crippen LogP contribution in [0.25, 0.3) is 0 Å². The zero-order chi connectivity index (χ0) is 14.3. The summed E-state index contributed by atoms with van der Waals surface area (Å²) in [6.07, 6.45) is 1.56. The lowest BCUT2D eigenvalue weighted by Crippen LogP contribution is -2.29. The quantitative estimate of drug-likeness (QED) is 0.799. The molecule has 19 heavy (non-hydrogen) atoms. The molecule has 0 spiro atoms. The molecule has 0 aliphatic heterocycles. The van der Waals surface area contributed by atoms with E-state index in [-0.39, 0.29) is 11.8 Å². The number of benzene rings is 1. The van der Waals surface area contributed by atoms with Crippen molar-refractivity contribution in [2.75, 3.05) is 12.4 Å². The number of sulfonamides is 1. The molecule has 5 heteroatoms. The van der Waals surface area contributed by atoms with Gasteiger partial charge in [-0.25, -0.2) is 13.1 Å². The van der Waals surface area contributed by atoms with Crippen molar-refractivity contribution in [3.8, 4) is 5.75 Å². The van der Waals surface area contributed by atoms with Crippen molar-refractivity contribution in [2.45, 2.75) is 39.7 Å². The van der Waals surface area contributed by atoms with E-state index in [1.807, 2.05) is 45.0 Å². The van der Waals surface area contributed by atoms with Gasteiger partial charge in [-0.1, -0.05) is 25.5 Å². The Bertz CT molecular complexity index is 468. The fraction of sp³-hybridized carbons (Fsp3) is 0.571. The van der Waals surface area contributed by atoms with Gasteiger partial charge in [-0.15, -0.1) is 0 Å². The van der Waals surface area contributed by atoms with Crippen molar-refractivity contribution >= 4 is 10.0 Å². The Hall–Kier alpha value is -1.07. The van der Waals surface area contributed by atoms with E-state index in [9.17, 15) is 8.42 Å². The fourth-order valence-electron chi connectivity index (χ4n) is 1.75. The minimum Gasteiger partial charge on any atom is -0.494 e. The lowest BCUT2D eigenvalue weighted by atomic mass is 10.1. The summed E-state index contributed by atoms with van der Waals surface area (Å²) < 4.78 is 31.7. The summed E-state index contributed by atoms with van der Waals surface area (Å²) in [4.78, 5) is 0. The molecule has 1 rings (SSSR count). The predicted octanol–water partition coefficient (Wildman–Crippen LogP) is 2.87. The molecule has 1 atom stereocenters. The number of unbranched alkanes of at least 4 members (excludes halogenated alkanes) is 1. The van der Waals surface area contributed by atoms with E-state index in [0.29, 0.717) is 13.0 Å². The lowest BCUT2D eigenvalue weighted by Gasteiger charge is -2.15. The Morgan fingerprint density at radius 1 is 1.21 bits per heavy atom. The Morgan fingerprint density at radius 2 is 1.84 bits per heavy atom. The van der Waals surface area contributed by atoms with Crippen molar-refractivity contribution in [2.24, 2.45) is 0 Å². The largest absolute Gasteiger partial charge is 0.494 e. The monoisotopic (exact) mass is 285 g/mol. The molecule has 0 amide bonds. The maximum atomic E-state index is 11.8. The normalized spacial score (nSPS) is 13.2. The average molecular weight is 285 g/mol. The van der Waals surface area contributed by atoms with E-state index in [0.717, 1.165) is 17.7 Å². The van der Waals surface area contributed by atoms with Crippen LogP contribution in [0.2, 0.25) is 0 Å². The summed E-state index contributed by atoms with van der Waals surface area (Å²) in [6, 6.07) is 7.26. The molecule has 0 aliphatic carbocycles. The van der Waals surface area contributed by atoms with Crippen molar-refractivity contribution in [1.82, 2.24) is 4.72 Å². The first-order chi connectivity index (χ1) is 8.98. The van der Waals surface area contributed by atoms with E-state index < -0.39 is 10.0 Å². The van der Waals surface area contributed by atoms with E-state index in [1.165, 1.54) is 0 Å². The van der Waals surface area contributed by atoms with Gasteiger partial charge in [-0.05, 0) is 38.0 Å². The first kappa shape index (κ1) is 16.0. The SMILES string of the molecule is CCCCS(=O)(=O)N[C@@H](C)c1ccc(OCC)cc1. The number of rotatable bonds is 8. The first-order valence-electron chi connectivity index (χ1n) is 6.71. The second-order valence-corrected chi connectivity index (χ2v) is 6.39. The highest BCUT2D eigenvalue weighted by atomic mass is 32.2. The van der Waals surface area contributed by atoms with Gasteiger partial charge in [0.25, 0.3) is 0 Å². The zero-order valence-electron chi connectivity index (χ0n) is 11.8. The Balaban J connectivity index is 2.64. The van der Waals surface area contributed by atoms with Crippen molar-refractivity contribution in [3.05, 3.63) is 29.8 Å². The van der Waals surface area contributed by atoms with Gasteiger partial charge in [0.05, 0.1) is 12.4 Å². The molecule has 0 bridgehead atoms. The van der Waals surface area contributed by atoms with Gasteiger partial charge in [0, 0.05) is 6.04 Å². The van der Waals surface area contributed by atoms with Crippen LogP contribution in [0.4, 0.5) is 0 Å². The lowest BCUT2D eigenvalue weighted by molar-refractivity contribution is 0.340. The second-order valence-electron chi connectivity index (χ2n) is 4.51. The Morgan fingerprint density at radius 3 is 2.37 bits per heavy atom. The molecule has 0 saturated carbocycles. The smallest absolute Gasteiger partial charge is 0.212 e. The van der Waals surface area contributed by atoms with Crippen LogP contribution in [0.3, 0.4) is 0 Å². The van der Waals surface area contributed by atoms with E-state index >= 15 is 0 Å². The zero-order valence-corrected chi connectivity index (χ0v) is 12.7. The molecule has 1 aromatic rings. The summed E-state index contributed by atoms with van der Waals surface area (Å²) in [5.41, 5.74) is 0.934. The van der Waals surface area contributed by atoms with Gasteiger partial charge < -0.3 is 4.74 Å². The fourth-order valence-corrected chi connectivity index (χ4v) is 3.21. The van der Waals surface area contributed by atoms with Gasteiger partial charge in [-0.3, -0.25) is 0 Å². The minimum atomic E-state index is -3.19. The molecule has 4 nitrogen and oxygen atoms in total. The van der Waals surface area contributed by atoms with Gasteiger partial charge in [-0.2, -0.15) is 0 Å². The molecule has 0 aliphatic rings. The predicted molar refractivity (Wildman–Crippen MR) is 77.9 cm³/mol. The maximum Gasteiger partial charge on any atom is 0.212 e. The first-order valence-corrected chi connectivity index (χ1v) is 8.36. The molecular formula is C14H23NO3S. The Kier molecular flexibility index (Phi) is 6.31. The van der Waals surface area contributed by atoms with Gasteiger partial charge in [0.1, 0.15) is 5.75 Å². The molecule has 108 valence electrons. The van der Waals surface area contributed by atoms with E-state index in [4.69, 9.17) is 4.74 Å². The van der Waals surface area contributed by atoms with E-state index in [2.05, 4.69) is 4.72 Å². The van der Waals surface area contributed by atoms with Gasteiger partial charge in [0.2, 0.25) is 10.0 Å². The second kappa shape index (κ2) is 7.50. The number of hydrogen-bond donors (Lipinski definition) is 1. The summed E-state index contributed by atoms with van der Waals surface area (Å²) >= 11 is 0. The number of hydrogen-bond acceptors (Lipinski definition) is 3. The summed E-state index contributed by atoms with van der Waals surface area (Å²) in [7, 11) is -3.19. The van der Waals surface area contributed by atoms with Crippen LogP contribution < -0.4 is 9.46 Å². The molecule has 0 aromatic heterocycles. The molecule has 0 heterocycles. The van der Waals surface area contributed by atoms with Crippen LogP contribution in [0.1, 0.15) is 45.2 Å². The topological polar surface area (TPSA) is 55.4 Å². The summed E-state index contributed by atoms with van der Waals surface area (Å²) in [5, 5.41) is 0. The highest BCUT2D eigenvalue weighted by Gasteiger charge is 2.15. The van der Waals surface area contributed by atoms with Crippen LogP contribution >= 0.6 is 0 Å². The minimum absolute atomic E-state index is 0.185. The molecule has 0 unspecified atom stereocenters. The standard InChI is InChI=1S/C14H23NO3S/c1-4-6-11-19(16,17)15-12(3)13-7-9-14(10-8-13)18-5-2/h7-10,12,15H,4-6,11H2,1-3H3/t12-/m0/s1. The third-order valence-corrected chi connectivity index (χ3v) is 4.35. The molecular weight excluding hydrogens is 262 g/mol. The van der Waals surface area contributed by atoms with Gasteiger partial charge in [0.15, 0.2) is 0 Å². The maximum absolute atomic E-state index is 11.8. The van der Waals surface area contributed by atoms with Crippen molar-refractivity contribution < 1.29 is 13.2 Å². The number of nitrogens with one attached hydrogen (secondary N) is 1. The van der Waals surface area contributed by atoms with Crippen molar-refractivity contribution in [3.63, 3.8) is 0 Å². The summed E-state index contributed by atoms with van der Waals surface area (Å²) in [5.74, 6) is 0.984. The Labute approximate surface area is 116 Å². The van der Waals surface area contributed by atoms with Crippen molar-refractivity contribution in [1.29, 1.82) is 0 Å². The molecule has 1 N–H and O–H groups in total. The third kappa shape index (κ3) is 5.61. The average Bonchev–Trinajstić information content (AvgIpc) is 2.37. The highest BCUT2D eigenvalue weighted by Crippen LogP contribution is 2.18. The van der Waals surface area contributed by atoms with Crippen LogP contribution in [-0.4, -0.2) is 20.8 Å². The molecule has 0 radical (unpaired) electrons. The summed E-state index contributed by atoms with van der Waals surface area (Å²) in [6.45, 7) is 6.38. The van der Waals surface area contributed by atoms with Crippen LogP contribution in [0.15, 0.2) is 24.3 Å². The number of ether oxygens (including phenoxy) is 1.